The summed E-state index contributed by atoms with van der Waals surface area (Å²) in [4.78, 5) is 19.1. The number of amides is 1. The van der Waals surface area contributed by atoms with E-state index in [0.29, 0.717) is 5.69 Å². The Morgan fingerprint density at radius 2 is 2.23 bits per heavy atom. The fourth-order valence-electron chi connectivity index (χ4n) is 2.84. The number of benzene rings is 1. The number of carbonyl (C=O) groups excluding carboxylic acids is 1. The molecule has 116 valence electrons. The van der Waals surface area contributed by atoms with Crippen LogP contribution in [0.15, 0.2) is 23.6 Å². The molecular formula is C17H21N3OS. The second-order valence-electron chi connectivity index (χ2n) is 5.91. The van der Waals surface area contributed by atoms with Gasteiger partial charge in [-0.2, -0.15) is 0 Å². The minimum absolute atomic E-state index is 0.0428. The minimum atomic E-state index is 0.0428. The van der Waals surface area contributed by atoms with E-state index in [1.807, 2.05) is 10.3 Å². The van der Waals surface area contributed by atoms with Crippen LogP contribution in [0.3, 0.4) is 0 Å². The Morgan fingerprint density at radius 1 is 1.41 bits per heavy atom. The molecule has 1 atom stereocenters. The zero-order valence-electron chi connectivity index (χ0n) is 13.2. The lowest BCUT2D eigenvalue weighted by molar-refractivity contribution is 0.0650. The third-order valence-electron chi connectivity index (χ3n) is 4.10. The fourth-order valence-corrected chi connectivity index (χ4v) is 3.72. The summed E-state index contributed by atoms with van der Waals surface area (Å²) in [6.45, 7) is 8.69. The van der Waals surface area contributed by atoms with Gasteiger partial charge in [-0.15, -0.1) is 11.3 Å². The van der Waals surface area contributed by atoms with Crippen molar-refractivity contribution < 1.29 is 4.79 Å². The first-order chi connectivity index (χ1) is 10.6. The van der Waals surface area contributed by atoms with Gasteiger partial charge >= 0.3 is 0 Å². The van der Waals surface area contributed by atoms with Crippen LogP contribution in [0.5, 0.6) is 0 Å². The largest absolute Gasteiger partial charge is 0.332 e. The molecule has 0 radical (unpaired) electrons. The van der Waals surface area contributed by atoms with Gasteiger partial charge in [-0.1, -0.05) is 23.8 Å². The van der Waals surface area contributed by atoms with Gasteiger partial charge < -0.3 is 10.2 Å². The smallest absolute Gasteiger partial charge is 0.273 e. The minimum Gasteiger partial charge on any atom is -0.332 e. The standard InChI is InChI=1S/C17H21N3OS/c1-11-4-5-14(12(2)8-11)16-19-15(10-22-16)17(21)20-7-6-18-9-13(20)3/h4-5,8,10,13,18H,6-7,9H2,1-3H3/t13-/m0/s1. The van der Waals surface area contributed by atoms with Gasteiger partial charge in [0.15, 0.2) is 0 Å². The van der Waals surface area contributed by atoms with Crippen molar-refractivity contribution in [3.8, 4) is 10.6 Å². The van der Waals surface area contributed by atoms with Gasteiger partial charge in [0.25, 0.3) is 5.91 Å². The summed E-state index contributed by atoms with van der Waals surface area (Å²) >= 11 is 1.54. The normalized spacial score (nSPS) is 18.5. The highest BCUT2D eigenvalue weighted by molar-refractivity contribution is 7.13. The lowest BCUT2D eigenvalue weighted by Gasteiger charge is -2.33. The number of hydrogen-bond donors (Lipinski definition) is 1. The Morgan fingerprint density at radius 3 is 2.95 bits per heavy atom. The van der Waals surface area contributed by atoms with Crippen LogP contribution in [0.4, 0.5) is 0 Å². The molecule has 1 aromatic heterocycles. The van der Waals surface area contributed by atoms with Crippen molar-refractivity contribution in [2.24, 2.45) is 0 Å². The van der Waals surface area contributed by atoms with Gasteiger partial charge in [-0.3, -0.25) is 4.79 Å². The van der Waals surface area contributed by atoms with Crippen LogP contribution in [0.25, 0.3) is 10.6 Å². The Labute approximate surface area is 135 Å². The van der Waals surface area contributed by atoms with Crippen molar-refractivity contribution in [2.75, 3.05) is 19.6 Å². The zero-order valence-corrected chi connectivity index (χ0v) is 14.0. The SMILES string of the molecule is Cc1ccc(-c2nc(C(=O)N3CCNC[C@@H]3C)cs2)c(C)c1. The summed E-state index contributed by atoms with van der Waals surface area (Å²) < 4.78 is 0. The molecule has 3 rings (SSSR count). The molecule has 2 aromatic rings. The first-order valence-electron chi connectivity index (χ1n) is 7.61. The number of nitrogens with one attached hydrogen (secondary N) is 1. The summed E-state index contributed by atoms with van der Waals surface area (Å²) in [5.74, 6) is 0.0428. The first kappa shape index (κ1) is 15.2. The molecule has 0 aliphatic carbocycles. The lowest BCUT2D eigenvalue weighted by atomic mass is 10.1. The van der Waals surface area contributed by atoms with Gasteiger partial charge in [0.2, 0.25) is 0 Å². The van der Waals surface area contributed by atoms with Crippen LogP contribution in [-0.4, -0.2) is 41.5 Å². The molecule has 2 heterocycles. The van der Waals surface area contributed by atoms with Crippen molar-refractivity contribution in [1.82, 2.24) is 15.2 Å². The molecule has 1 aliphatic heterocycles. The summed E-state index contributed by atoms with van der Waals surface area (Å²) in [7, 11) is 0. The number of aryl methyl sites for hydroxylation is 2. The van der Waals surface area contributed by atoms with Gasteiger partial charge in [-0.05, 0) is 26.3 Å². The molecule has 0 saturated carbocycles. The Kier molecular flexibility index (Phi) is 4.27. The highest BCUT2D eigenvalue weighted by Crippen LogP contribution is 2.28. The van der Waals surface area contributed by atoms with E-state index in [4.69, 9.17) is 0 Å². The molecular weight excluding hydrogens is 294 g/mol. The van der Waals surface area contributed by atoms with Crippen molar-refractivity contribution in [1.29, 1.82) is 0 Å². The molecule has 1 aromatic carbocycles. The van der Waals surface area contributed by atoms with Crippen LogP contribution in [0, 0.1) is 13.8 Å². The molecule has 1 amide bonds. The quantitative estimate of drug-likeness (QED) is 0.927. The van der Waals surface area contributed by atoms with Crippen molar-refractivity contribution >= 4 is 17.2 Å². The molecule has 0 spiro atoms. The van der Waals surface area contributed by atoms with Crippen LogP contribution >= 0.6 is 11.3 Å². The van der Waals surface area contributed by atoms with Gasteiger partial charge in [0, 0.05) is 36.6 Å². The van der Waals surface area contributed by atoms with Gasteiger partial charge in [0.1, 0.15) is 10.7 Å². The molecule has 4 nitrogen and oxygen atoms in total. The second-order valence-corrected chi connectivity index (χ2v) is 6.77. The monoisotopic (exact) mass is 315 g/mol. The number of nitrogens with zero attached hydrogens (tertiary/aromatic N) is 2. The maximum Gasteiger partial charge on any atom is 0.273 e. The molecule has 1 aliphatic rings. The molecule has 22 heavy (non-hydrogen) atoms. The van der Waals surface area contributed by atoms with Gasteiger partial charge in [0.05, 0.1) is 0 Å². The van der Waals surface area contributed by atoms with Crippen molar-refractivity contribution in [3.63, 3.8) is 0 Å². The number of hydrogen-bond acceptors (Lipinski definition) is 4. The lowest BCUT2D eigenvalue weighted by Crippen LogP contribution is -2.52. The van der Waals surface area contributed by atoms with E-state index in [1.165, 1.54) is 11.1 Å². The summed E-state index contributed by atoms with van der Waals surface area (Å²) in [6.07, 6.45) is 0. The number of thiazole rings is 1. The molecule has 0 unspecified atom stereocenters. The number of piperazine rings is 1. The fraction of sp³-hybridized carbons (Fsp3) is 0.412. The maximum atomic E-state index is 12.6. The van der Waals surface area contributed by atoms with Crippen molar-refractivity contribution in [2.45, 2.75) is 26.8 Å². The number of aromatic nitrogens is 1. The first-order valence-corrected chi connectivity index (χ1v) is 8.49. The van der Waals surface area contributed by atoms with E-state index in [1.54, 1.807) is 11.3 Å². The van der Waals surface area contributed by atoms with Crippen LogP contribution in [0.2, 0.25) is 0 Å². The predicted molar refractivity (Wildman–Crippen MR) is 90.4 cm³/mol. The Bertz CT molecular complexity index is 695. The van der Waals surface area contributed by atoms with Crippen molar-refractivity contribution in [3.05, 3.63) is 40.4 Å². The van der Waals surface area contributed by atoms with Crippen LogP contribution < -0.4 is 5.32 Å². The average Bonchev–Trinajstić information content (AvgIpc) is 2.96. The summed E-state index contributed by atoms with van der Waals surface area (Å²) in [6, 6.07) is 6.54. The van der Waals surface area contributed by atoms with Crippen LogP contribution in [-0.2, 0) is 0 Å². The van der Waals surface area contributed by atoms with Gasteiger partial charge in [-0.25, -0.2) is 4.98 Å². The van der Waals surface area contributed by atoms with E-state index < -0.39 is 0 Å². The average molecular weight is 315 g/mol. The molecule has 5 heteroatoms. The highest BCUT2D eigenvalue weighted by atomic mass is 32.1. The summed E-state index contributed by atoms with van der Waals surface area (Å²) in [5, 5.41) is 6.10. The molecule has 1 saturated heterocycles. The Balaban J connectivity index is 1.85. The van der Waals surface area contributed by atoms with E-state index >= 15 is 0 Å². The molecule has 0 bridgehead atoms. The third-order valence-corrected chi connectivity index (χ3v) is 4.97. The zero-order chi connectivity index (χ0) is 15.7. The number of carbonyl (C=O) groups is 1. The third kappa shape index (κ3) is 2.91. The topological polar surface area (TPSA) is 45.2 Å². The van der Waals surface area contributed by atoms with E-state index in [9.17, 15) is 4.79 Å². The summed E-state index contributed by atoms with van der Waals surface area (Å²) in [5.41, 5.74) is 4.12. The van der Waals surface area contributed by atoms with Crippen LogP contribution in [0.1, 0.15) is 28.5 Å². The van der Waals surface area contributed by atoms with E-state index in [0.717, 1.165) is 30.2 Å². The number of rotatable bonds is 2. The highest BCUT2D eigenvalue weighted by Gasteiger charge is 2.25. The molecule has 1 N–H and O–H groups in total. The second kappa shape index (κ2) is 6.18. The maximum absolute atomic E-state index is 12.6. The molecule has 1 fully saturated rings. The van der Waals surface area contributed by atoms with E-state index in [-0.39, 0.29) is 11.9 Å². The van der Waals surface area contributed by atoms with E-state index in [2.05, 4.69) is 49.3 Å². The predicted octanol–water partition coefficient (Wildman–Crippen LogP) is 2.86. The Hall–Kier alpha value is -1.72.